The molecule has 0 spiro atoms. The Morgan fingerprint density at radius 1 is 0.586 bits per heavy atom. The molecule has 1 aliphatic carbocycles. The van der Waals surface area contributed by atoms with Crippen LogP contribution < -0.4 is 5.32 Å². The van der Waals surface area contributed by atoms with Crippen molar-refractivity contribution in [2.45, 2.75) is 32.0 Å². The Hall–Kier alpha value is -6.94. The van der Waals surface area contributed by atoms with Gasteiger partial charge >= 0.3 is 0 Å². The van der Waals surface area contributed by atoms with Gasteiger partial charge < -0.3 is 0 Å². The first-order valence-electron chi connectivity index (χ1n) is 20.3. The lowest BCUT2D eigenvalue weighted by atomic mass is 9.91. The number of fused-ring (bicyclic) bond motifs is 5. The van der Waals surface area contributed by atoms with Crippen LogP contribution in [0.25, 0.3) is 72.0 Å². The lowest BCUT2D eigenvalue weighted by molar-refractivity contribution is 0.482. The molecule has 0 fully saturated rings. The van der Waals surface area contributed by atoms with E-state index in [1.165, 1.54) is 60.3 Å². The van der Waals surface area contributed by atoms with Crippen molar-refractivity contribution in [2.75, 3.05) is 0 Å². The van der Waals surface area contributed by atoms with Crippen LogP contribution in [0.15, 0.2) is 193 Å². The second-order valence-corrected chi connectivity index (χ2v) is 15.3. The van der Waals surface area contributed by atoms with Crippen molar-refractivity contribution in [3.63, 3.8) is 0 Å². The minimum Gasteiger partial charge on any atom is -0.285 e. The number of aliphatic imine (C=N–C) groups is 1. The quantitative estimate of drug-likeness (QED) is 0.118. The van der Waals surface area contributed by atoms with E-state index in [9.17, 15) is 0 Å². The molecule has 0 saturated carbocycles. The monoisotopic (exact) mass is 745 g/mol. The molecule has 8 aromatic carbocycles. The van der Waals surface area contributed by atoms with Gasteiger partial charge in [0.2, 0.25) is 0 Å². The highest BCUT2D eigenvalue weighted by Crippen LogP contribution is 2.40. The molecule has 3 heteroatoms. The number of benzene rings is 8. The van der Waals surface area contributed by atoms with Gasteiger partial charge in [-0.2, -0.15) is 0 Å². The number of rotatable bonds is 9. The van der Waals surface area contributed by atoms with Crippen molar-refractivity contribution in [2.24, 2.45) is 4.99 Å². The molecule has 1 aromatic heterocycles. The van der Waals surface area contributed by atoms with Crippen molar-refractivity contribution in [3.8, 4) is 33.5 Å². The van der Waals surface area contributed by atoms with Gasteiger partial charge in [0.1, 0.15) is 6.17 Å². The van der Waals surface area contributed by atoms with Crippen LogP contribution in [-0.4, -0.2) is 11.2 Å². The highest BCUT2D eigenvalue weighted by Gasteiger charge is 2.18. The van der Waals surface area contributed by atoms with Crippen LogP contribution in [0.3, 0.4) is 0 Å². The number of hydrogen-bond donors (Lipinski definition) is 1. The zero-order valence-electron chi connectivity index (χ0n) is 32.5. The fourth-order valence-corrected chi connectivity index (χ4v) is 8.52. The second-order valence-electron chi connectivity index (χ2n) is 15.3. The van der Waals surface area contributed by atoms with Crippen LogP contribution in [0, 0.1) is 0 Å². The SMILES string of the molecule is C[C@H](NC(N=Cc1ccc2ccccc2c1)c1ccc(-c2cccc3c2ccc2nc(-c4ccccc4)cc(-c4ccccc4)c23)cc1)c1ccc2c(c1)CCC=C2. The van der Waals surface area contributed by atoms with Gasteiger partial charge in [-0.15, -0.1) is 0 Å². The molecule has 278 valence electrons. The van der Waals surface area contributed by atoms with Gasteiger partial charge in [0.15, 0.2) is 0 Å². The van der Waals surface area contributed by atoms with E-state index in [0.29, 0.717) is 0 Å². The number of allylic oxidation sites excluding steroid dienone is 1. The second kappa shape index (κ2) is 15.5. The third-order valence-corrected chi connectivity index (χ3v) is 11.6. The molecule has 0 amide bonds. The van der Waals surface area contributed by atoms with Crippen LogP contribution in [0.2, 0.25) is 0 Å². The van der Waals surface area contributed by atoms with E-state index in [-0.39, 0.29) is 12.2 Å². The highest BCUT2D eigenvalue weighted by atomic mass is 15.1. The molecule has 0 radical (unpaired) electrons. The van der Waals surface area contributed by atoms with Crippen LogP contribution in [0.4, 0.5) is 0 Å². The van der Waals surface area contributed by atoms with Gasteiger partial charge in [-0.3, -0.25) is 10.3 Å². The fourth-order valence-electron chi connectivity index (χ4n) is 8.52. The third-order valence-electron chi connectivity index (χ3n) is 11.6. The van der Waals surface area contributed by atoms with E-state index in [4.69, 9.17) is 9.98 Å². The lowest BCUT2D eigenvalue weighted by Crippen LogP contribution is -2.24. The maximum absolute atomic E-state index is 5.22. The van der Waals surface area contributed by atoms with E-state index in [2.05, 4.69) is 206 Å². The van der Waals surface area contributed by atoms with Crippen LogP contribution in [0.1, 0.15) is 53.4 Å². The number of pyridine rings is 1. The number of nitrogens with zero attached hydrogens (tertiary/aromatic N) is 2. The van der Waals surface area contributed by atoms with E-state index < -0.39 is 0 Å². The number of aryl methyl sites for hydroxylation is 1. The summed E-state index contributed by atoms with van der Waals surface area (Å²) in [5, 5.41) is 9.89. The lowest BCUT2D eigenvalue weighted by Gasteiger charge is -2.23. The molecule has 2 atom stereocenters. The predicted octanol–water partition coefficient (Wildman–Crippen LogP) is 14.0. The van der Waals surface area contributed by atoms with Crippen molar-refractivity contribution in [1.29, 1.82) is 0 Å². The first-order valence-corrected chi connectivity index (χ1v) is 20.3. The maximum atomic E-state index is 5.22. The smallest absolute Gasteiger partial charge is 0.126 e. The number of hydrogen-bond acceptors (Lipinski definition) is 3. The first kappa shape index (κ1) is 35.5. The standard InChI is InChI=1S/C55H43N3/c1-37(45-30-25-40-14-9-11-20-47(40)34-45)57-55(56-36-38-23-24-39-13-8-10-19-46(39)33-38)44-28-26-42(27-29-44)48-21-12-22-50-49(48)31-32-52-54(50)51(41-15-4-2-5-16-41)35-53(58-52)43-17-6-3-7-18-43/h2-10,12-19,21-37,55,57H,11,20H2,1H3/t37-,55?/m0/s1. The van der Waals surface area contributed by atoms with Gasteiger partial charge in [0, 0.05) is 23.2 Å². The Labute approximate surface area is 340 Å². The Bertz CT molecular complexity index is 2980. The normalized spacial score (nSPS) is 13.6. The summed E-state index contributed by atoms with van der Waals surface area (Å²) in [4.78, 5) is 10.4. The van der Waals surface area contributed by atoms with E-state index in [1.807, 2.05) is 6.21 Å². The van der Waals surface area contributed by atoms with Crippen molar-refractivity contribution >= 4 is 44.7 Å². The van der Waals surface area contributed by atoms with Crippen molar-refractivity contribution in [1.82, 2.24) is 10.3 Å². The summed E-state index contributed by atoms with van der Waals surface area (Å²) < 4.78 is 0. The van der Waals surface area contributed by atoms with Crippen LogP contribution in [0.5, 0.6) is 0 Å². The predicted molar refractivity (Wildman–Crippen MR) is 245 cm³/mol. The molecule has 1 N–H and O–H groups in total. The van der Waals surface area contributed by atoms with Gasteiger partial charge in [0.05, 0.1) is 11.2 Å². The molecular formula is C55H43N3. The van der Waals surface area contributed by atoms with Crippen LogP contribution >= 0.6 is 0 Å². The van der Waals surface area contributed by atoms with E-state index in [1.54, 1.807) is 0 Å². The molecular weight excluding hydrogens is 703 g/mol. The third kappa shape index (κ3) is 7.02. The summed E-state index contributed by atoms with van der Waals surface area (Å²) in [5.74, 6) is 0. The molecule has 0 aliphatic heterocycles. The van der Waals surface area contributed by atoms with E-state index >= 15 is 0 Å². The zero-order chi connectivity index (χ0) is 38.8. The summed E-state index contributed by atoms with van der Waals surface area (Å²) >= 11 is 0. The van der Waals surface area contributed by atoms with Gasteiger partial charge in [-0.25, -0.2) is 4.98 Å². The Kier molecular flexibility index (Phi) is 9.50. The number of aromatic nitrogens is 1. The summed E-state index contributed by atoms with van der Waals surface area (Å²) in [7, 11) is 0. The van der Waals surface area contributed by atoms with Gasteiger partial charge in [0.25, 0.3) is 0 Å². The maximum Gasteiger partial charge on any atom is 0.126 e. The van der Waals surface area contributed by atoms with Gasteiger partial charge in [-0.1, -0.05) is 176 Å². The molecule has 10 rings (SSSR count). The van der Waals surface area contributed by atoms with Crippen LogP contribution in [-0.2, 0) is 6.42 Å². The molecule has 0 saturated heterocycles. The number of nitrogens with one attached hydrogen (secondary N) is 1. The zero-order valence-corrected chi connectivity index (χ0v) is 32.5. The van der Waals surface area contributed by atoms with E-state index in [0.717, 1.165) is 46.3 Å². The topological polar surface area (TPSA) is 37.3 Å². The molecule has 1 aliphatic rings. The first-order chi connectivity index (χ1) is 28.6. The van der Waals surface area contributed by atoms with Crippen molar-refractivity contribution < 1.29 is 0 Å². The Balaban J connectivity index is 1.03. The minimum atomic E-state index is -0.249. The fraction of sp³-hybridized carbons (Fsp3) is 0.0909. The molecule has 3 nitrogen and oxygen atoms in total. The molecule has 0 bridgehead atoms. The molecule has 9 aromatic rings. The van der Waals surface area contributed by atoms with Gasteiger partial charge in [-0.05, 0) is 110 Å². The average molecular weight is 746 g/mol. The summed E-state index contributed by atoms with van der Waals surface area (Å²) in [5.41, 5.74) is 14.0. The summed E-state index contributed by atoms with van der Waals surface area (Å²) in [6, 6.07) is 65.5. The average Bonchev–Trinajstić information content (AvgIpc) is 3.30. The molecule has 1 unspecified atom stereocenters. The Morgan fingerprint density at radius 2 is 1.33 bits per heavy atom. The Morgan fingerprint density at radius 3 is 2.16 bits per heavy atom. The summed E-state index contributed by atoms with van der Waals surface area (Å²) in [6.45, 7) is 2.25. The molecule has 58 heavy (non-hydrogen) atoms. The largest absolute Gasteiger partial charge is 0.285 e. The summed E-state index contributed by atoms with van der Waals surface area (Å²) in [6.07, 6.45) is 8.46. The molecule has 1 heterocycles. The minimum absolute atomic E-state index is 0.0933. The highest BCUT2D eigenvalue weighted by molar-refractivity contribution is 6.17. The van der Waals surface area contributed by atoms with Crippen molar-refractivity contribution in [3.05, 3.63) is 216 Å².